The lowest BCUT2D eigenvalue weighted by Crippen LogP contribution is -2.60. The van der Waals surface area contributed by atoms with Crippen molar-refractivity contribution in [3.63, 3.8) is 0 Å². The van der Waals surface area contributed by atoms with E-state index in [2.05, 4.69) is 69.1 Å². The lowest BCUT2D eigenvalue weighted by Gasteiger charge is -2.32. The van der Waals surface area contributed by atoms with E-state index in [0.717, 1.165) is 23.2 Å². The maximum absolute atomic E-state index is 14.0. The first-order valence-electron chi connectivity index (χ1n) is 33.2. The summed E-state index contributed by atoms with van der Waals surface area (Å²) in [5.41, 5.74) is -2.65. The first kappa shape index (κ1) is 73.7. The minimum absolute atomic E-state index is 0.0462. The van der Waals surface area contributed by atoms with Gasteiger partial charge in [0, 0.05) is 53.9 Å². The van der Waals surface area contributed by atoms with E-state index in [1.165, 1.54) is 6.92 Å². The second-order valence-electron chi connectivity index (χ2n) is 27.7. The molecule has 6 aliphatic carbocycles. The van der Waals surface area contributed by atoms with Crippen LogP contribution in [0.5, 0.6) is 0 Å². The highest BCUT2D eigenvalue weighted by Crippen LogP contribution is 2.34. The number of halogens is 1. The maximum Gasteiger partial charge on any atom is 0.408 e. The van der Waals surface area contributed by atoms with Crippen LogP contribution in [0.1, 0.15) is 197 Å². The van der Waals surface area contributed by atoms with Gasteiger partial charge in [-0.15, -0.1) is 0 Å². The van der Waals surface area contributed by atoms with Crippen molar-refractivity contribution in [3.8, 4) is 0 Å². The molecule has 0 saturated heterocycles. The monoisotopic (exact) mass is 1340 g/mol. The van der Waals surface area contributed by atoms with E-state index in [0.29, 0.717) is 116 Å². The van der Waals surface area contributed by atoms with Crippen molar-refractivity contribution >= 4 is 81.2 Å². The van der Waals surface area contributed by atoms with Gasteiger partial charge in [-0.2, -0.15) is 0 Å². The number of amides is 10. The first-order chi connectivity index (χ1) is 42.9. The molecule has 10 N–H and O–H groups in total. The van der Waals surface area contributed by atoms with E-state index in [-0.39, 0.29) is 42.0 Å². The third-order valence-electron chi connectivity index (χ3n) is 18.6. The summed E-state index contributed by atoms with van der Waals surface area (Å²) in [5, 5.41) is 29.3. The lowest BCUT2D eigenvalue weighted by molar-refractivity contribution is -0.154. The number of rotatable bonds is 24. The minimum atomic E-state index is -1.38. The number of carbonyl (C=O) groups is 11. The van der Waals surface area contributed by atoms with Crippen LogP contribution in [0.25, 0.3) is 0 Å². The van der Waals surface area contributed by atoms with Crippen molar-refractivity contribution in [2.75, 3.05) is 13.2 Å². The zero-order valence-electron chi connectivity index (χ0n) is 55.3. The van der Waals surface area contributed by atoms with Gasteiger partial charge >= 0.3 is 12.1 Å². The average Bonchev–Trinajstić information content (AvgIpc) is 2.15. The van der Waals surface area contributed by atoms with Crippen molar-refractivity contribution in [3.05, 3.63) is 34.3 Å². The van der Waals surface area contributed by atoms with Gasteiger partial charge in [-0.1, -0.05) is 66.6 Å². The summed E-state index contributed by atoms with van der Waals surface area (Å²) in [6.45, 7) is 20.3. The third kappa shape index (κ3) is 21.3. The zero-order valence-corrected chi connectivity index (χ0v) is 56.9. The number of hydrogen-bond donors (Lipinski definition) is 10. The zero-order chi connectivity index (χ0) is 67.0. The summed E-state index contributed by atoms with van der Waals surface area (Å²) in [7, 11) is 0. The van der Waals surface area contributed by atoms with E-state index < -0.39 is 130 Å². The van der Waals surface area contributed by atoms with Gasteiger partial charge in [0.15, 0.2) is 0 Å². The molecule has 6 saturated carbocycles. The van der Waals surface area contributed by atoms with E-state index >= 15 is 0 Å². The fourth-order valence-corrected chi connectivity index (χ4v) is 13.7. The molecule has 0 radical (unpaired) electrons. The van der Waals surface area contributed by atoms with Gasteiger partial charge in [0.05, 0.1) is 35.5 Å². The summed E-state index contributed by atoms with van der Waals surface area (Å²) in [6.07, 6.45) is 9.82. The molecule has 508 valence electrons. The maximum atomic E-state index is 14.0. The van der Waals surface area contributed by atoms with Crippen molar-refractivity contribution in [2.24, 2.45) is 35.5 Å². The predicted octanol–water partition coefficient (Wildman–Crippen LogP) is 5.45. The summed E-state index contributed by atoms with van der Waals surface area (Å²) < 4.78 is 16.5. The molecule has 24 nitrogen and oxygen atoms in total. The quantitative estimate of drug-likeness (QED) is 0.0576. The van der Waals surface area contributed by atoms with Gasteiger partial charge in [0.2, 0.25) is 53.2 Å². The Balaban J connectivity index is 0.00000253. The van der Waals surface area contributed by atoms with Crippen LogP contribution in [0.15, 0.2) is 28.7 Å². The number of benzene rings is 1. The Morgan fingerprint density at radius 2 is 0.791 bits per heavy atom. The molecule has 10 amide bonds. The molecule has 14 atom stereocenters. The van der Waals surface area contributed by atoms with E-state index in [9.17, 15) is 52.7 Å². The Bertz CT molecular complexity index is 2740. The summed E-state index contributed by atoms with van der Waals surface area (Å²) >= 11 is 3.39. The summed E-state index contributed by atoms with van der Waals surface area (Å²) in [6, 6.07) is 2.55. The SMILES string of the molecule is CCOCC.C[C@H](NC(=O)OC(C)(C)C)C(=O)N[C@H]1CCC[C@@H]1C(=O)N[C@H]1CCC[C@@H]1C(=O)NC(C)(C)C(=O)N[C@H]1CCC[C@@H]1C(=O)N[C@H]1CCC[C@@H]1C(=O)N[C@@H](C)C(=O)N[C@H]1CCC[C@@H]1C(=O)N[C@H]1CCC[C@@H]1C(=O)NC(C)(C)C(=O)OCc1ccc(Br)cc1. The summed E-state index contributed by atoms with van der Waals surface area (Å²) in [5.74, 6) is -7.37. The number of esters is 1. The molecule has 0 aliphatic heterocycles. The van der Waals surface area contributed by atoms with Crippen molar-refractivity contribution in [1.82, 2.24) is 53.2 Å². The van der Waals surface area contributed by atoms with Crippen LogP contribution in [-0.4, -0.2) is 143 Å². The van der Waals surface area contributed by atoms with Crippen LogP contribution >= 0.6 is 15.9 Å². The Morgan fingerprint density at radius 3 is 1.16 bits per heavy atom. The highest BCUT2D eigenvalue weighted by Gasteiger charge is 2.46. The van der Waals surface area contributed by atoms with Crippen LogP contribution in [-0.2, 0) is 68.8 Å². The molecule has 1 aromatic carbocycles. The topological polar surface area (TPSA) is 336 Å². The fourth-order valence-electron chi connectivity index (χ4n) is 13.5. The molecule has 0 heterocycles. The van der Waals surface area contributed by atoms with Gasteiger partial charge in [-0.3, -0.25) is 43.2 Å². The molecule has 6 aliphatic rings. The van der Waals surface area contributed by atoms with Gasteiger partial charge < -0.3 is 67.4 Å². The number of alkyl carbamates (subject to hydrolysis) is 1. The molecule has 7 rings (SSSR count). The lowest BCUT2D eigenvalue weighted by atomic mass is 9.95. The van der Waals surface area contributed by atoms with Crippen LogP contribution in [0, 0.1) is 35.5 Å². The first-order valence-corrected chi connectivity index (χ1v) is 34.0. The van der Waals surface area contributed by atoms with Gasteiger partial charge in [-0.25, -0.2) is 9.59 Å². The molecule has 0 bridgehead atoms. The smallest absolute Gasteiger partial charge is 0.408 e. The number of ether oxygens (including phenoxy) is 3. The van der Waals surface area contributed by atoms with Gasteiger partial charge in [0.25, 0.3) is 0 Å². The van der Waals surface area contributed by atoms with Gasteiger partial charge in [-0.05, 0) is 171 Å². The molecule has 6 fully saturated rings. The molecule has 0 spiro atoms. The van der Waals surface area contributed by atoms with Crippen LogP contribution in [0.3, 0.4) is 0 Å². The molecule has 0 unspecified atom stereocenters. The highest BCUT2D eigenvalue weighted by molar-refractivity contribution is 9.10. The van der Waals surface area contributed by atoms with Crippen LogP contribution < -0.4 is 53.2 Å². The molecular formula is C66H103BrN10O14. The van der Waals surface area contributed by atoms with Crippen molar-refractivity contribution in [1.29, 1.82) is 0 Å². The molecule has 91 heavy (non-hydrogen) atoms. The largest absolute Gasteiger partial charge is 0.459 e. The normalized spacial score (nSPS) is 26.9. The van der Waals surface area contributed by atoms with E-state index in [1.807, 2.05) is 38.1 Å². The predicted molar refractivity (Wildman–Crippen MR) is 343 cm³/mol. The molecule has 25 heteroatoms. The number of carbonyl (C=O) groups excluding carboxylic acids is 11. The van der Waals surface area contributed by atoms with E-state index in [1.54, 1.807) is 55.4 Å². The Hall–Kier alpha value is -6.37. The fraction of sp³-hybridized carbons (Fsp3) is 0.742. The number of hydrogen-bond acceptors (Lipinski definition) is 14. The average molecular weight is 1340 g/mol. The Labute approximate surface area is 545 Å². The Morgan fingerprint density at radius 1 is 0.451 bits per heavy atom. The standard InChI is InChI=1S/C62H93BrN10O13.C4H10O/c1-33(49(74)66-43-22-11-17-38(43)52(77)70-47-26-15-21-42(47)56(81)73-62(8,9)58(83)85-32-35-28-30-36(63)31-29-35)64-51(76)37-16-10-24-45(37)68-54(79)40-19-13-27-48(40)71-57(82)61(6,7)72-55(80)41-20-14-25-46(41)69-53(78)39-18-12-23-44(39)67-50(75)34(2)65-59(84)86-60(3,4)5;1-3-5-4-2/h28-31,33-34,37-48H,10-27,32H2,1-9H3,(H,64,76)(H,65,84)(H,66,74)(H,67,75)(H,68,79)(H,69,78)(H,70,77)(H,71,82)(H,72,80)(H,73,81);3-4H2,1-2H3/t33-,34-,37-,38-,39-,40-,41-,42-,43-,44-,45-,46-,47-,48-;/m0./s1. The van der Waals surface area contributed by atoms with E-state index in [4.69, 9.17) is 14.2 Å². The molecule has 1 aromatic rings. The summed E-state index contributed by atoms with van der Waals surface area (Å²) in [4.78, 5) is 149. The van der Waals surface area contributed by atoms with Crippen molar-refractivity contribution in [2.45, 2.75) is 263 Å². The van der Waals surface area contributed by atoms with Gasteiger partial charge in [0.1, 0.15) is 35.4 Å². The second kappa shape index (κ2) is 33.5. The minimum Gasteiger partial charge on any atom is -0.459 e. The Kier molecular flexibility index (Phi) is 27.1. The molecule has 0 aromatic heterocycles. The highest BCUT2D eigenvalue weighted by atomic mass is 79.9. The number of nitrogens with one attached hydrogen (secondary N) is 10. The third-order valence-corrected chi connectivity index (χ3v) is 19.1. The van der Waals surface area contributed by atoms with Crippen LogP contribution in [0.2, 0.25) is 0 Å². The second-order valence-corrected chi connectivity index (χ2v) is 28.6. The van der Waals surface area contributed by atoms with Crippen molar-refractivity contribution < 1.29 is 67.0 Å². The molecular weight excluding hydrogens is 1240 g/mol. The van der Waals surface area contributed by atoms with Crippen LogP contribution in [0.4, 0.5) is 4.79 Å².